The molecule has 0 aliphatic rings. The first kappa shape index (κ1) is 13.3. The Morgan fingerprint density at radius 2 is 2.07 bits per heavy atom. The number of halogens is 1. The van der Waals surface area contributed by atoms with Crippen molar-refractivity contribution < 1.29 is 12.8 Å². The van der Waals surface area contributed by atoms with E-state index in [4.69, 9.17) is 4.42 Å². The fraction of sp³-hybridized carbons (Fsp3) is 0.500. The highest BCUT2D eigenvalue weighted by molar-refractivity contribution is 7.90. The molecule has 6 heteroatoms. The van der Waals surface area contributed by atoms with Gasteiger partial charge in [0.05, 0.1) is 0 Å². The molecule has 0 spiro atoms. The van der Waals surface area contributed by atoms with Gasteiger partial charge in [-0.1, -0.05) is 6.92 Å². The van der Waals surface area contributed by atoms with Gasteiger partial charge in [0.25, 0.3) is 0 Å². The van der Waals surface area contributed by atoms with E-state index in [1.165, 1.54) is 6.07 Å². The molecule has 0 amide bonds. The van der Waals surface area contributed by atoms with Gasteiger partial charge in [0.2, 0.25) is 14.9 Å². The normalized spacial score (nSPS) is 10.7. The van der Waals surface area contributed by atoms with Crippen LogP contribution in [0.25, 0.3) is 0 Å². The van der Waals surface area contributed by atoms with Crippen LogP contribution < -0.4 is 5.32 Å². The topological polar surface area (TPSA) is 59.3 Å². The monoisotopic (exact) mass is 239 g/mol. The predicted octanol–water partition coefficient (Wildman–Crippen LogP) is 1.93. The van der Waals surface area contributed by atoms with Gasteiger partial charge in [0.15, 0.2) is 5.88 Å². The van der Waals surface area contributed by atoms with Crippen molar-refractivity contribution in [2.75, 3.05) is 18.1 Å². The summed E-state index contributed by atoms with van der Waals surface area (Å²) in [6.07, 6.45) is 2.09. The summed E-state index contributed by atoms with van der Waals surface area (Å²) in [5.41, 5.74) is 0. The Morgan fingerprint density at radius 1 is 1.43 bits per heavy atom. The van der Waals surface area contributed by atoms with Gasteiger partial charge in [0, 0.05) is 18.9 Å². The average molecular weight is 240 g/mol. The maximum atomic E-state index is 11.0. The molecule has 0 aliphatic heterocycles. The van der Waals surface area contributed by atoms with Crippen LogP contribution in [0.5, 0.6) is 0 Å². The molecule has 0 saturated carbocycles. The summed E-state index contributed by atoms with van der Waals surface area (Å²) in [7, 11) is -3.21. The van der Waals surface area contributed by atoms with Gasteiger partial charge in [0.1, 0.15) is 0 Å². The summed E-state index contributed by atoms with van der Waals surface area (Å²) >= 11 is 0. The maximum Gasteiger partial charge on any atom is 0.220 e. The number of rotatable bonds is 4. The molecule has 1 N–H and O–H groups in total. The molecule has 1 rings (SSSR count). The molecule has 0 saturated heterocycles. The van der Waals surface area contributed by atoms with Crippen molar-refractivity contribution in [1.82, 2.24) is 0 Å². The average Bonchev–Trinajstić information content (AvgIpc) is 2.47. The zero-order valence-corrected chi connectivity index (χ0v) is 9.74. The molecular formula is C8H14ClNO3S. The molecule has 0 atom stereocenters. The van der Waals surface area contributed by atoms with Crippen molar-refractivity contribution in [3.8, 4) is 0 Å². The van der Waals surface area contributed by atoms with E-state index in [-0.39, 0.29) is 17.5 Å². The lowest BCUT2D eigenvalue weighted by atomic mass is 10.5. The molecule has 14 heavy (non-hydrogen) atoms. The van der Waals surface area contributed by atoms with Crippen LogP contribution in [0.3, 0.4) is 0 Å². The molecule has 0 fully saturated rings. The van der Waals surface area contributed by atoms with Gasteiger partial charge in [-0.3, -0.25) is 0 Å². The third-order valence-electron chi connectivity index (χ3n) is 1.50. The van der Waals surface area contributed by atoms with Crippen LogP contribution >= 0.6 is 12.4 Å². The smallest absolute Gasteiger partial charge is 0.220 e. The summed E-state index contributed by atoms with van der Waals surface area (Å²) in [5.74, 6) is 0.502. The van der Waals surface area contributed by atoms with Gasteiger partial charge in [-0.2, -0.15) is 0 Å². The van der Waals surface area contributed by atoms with E-state index in [2.05, 4.69) is 5.32 Å². The van der Waals surface area contributed by atoms with Crippen molar-refractivity contribution in [2.45, 2.75) is 18.4 Å². The number of hydrogen-bond acceptors (Lipinski definition) is 4. The lowest BCUT2D eigenvalue weighted by molar-refractivity contribution is 0.462. The number of furan rings is 1. The van der Waals surface area contributed by atoms with Crippen LogP contribution in [-0.2, 0) is 9.84 Å². The Hall–Kier alpha value is -0.680. The first-order valence-corrected chi connectivity index (χ1v) is 5.97. The van der Waals surface area contributed by atoms with Gasteiger partial charge >= 0.3 is 0 Å². The SMILES string of the molecule is CCCNc1ccc(S(C)(=O)=O)o1.Cl. The molecule has 82 valence electrons. The Labute approximate surface area is 90.0 Å². The van der Waals surface area contributed by atoms with Gasteiger partial charge < -0.3 is 9.73 Å². The lowest BCUT2D eigenvalue weighted by Crippen LogP contribution is -1.98. The largest absolute Gasteiger partial charge is 0.429 e. The van der Waals surface area contributed by atoms with E-state index in [1.54, 1.807) is 6.07 Å². The number of nitrogens with one attached hydrogen (secondary N) is 1. The van der Waals surface area contributed by atoms with Crippen molar-refractivity contribution >= 4 is 28.1 Å². The summed E-state index contributed by atoms with van der Waals surface area (Å²) in [4.78, 5) is 0. The Morgan fingerprint density at radius 3 is 2.50 bits per heavy atom. The highest BCUT2D eigenvalue weighted by Crippen LogP contribution is 2.17. The van der Waals surface area contributed by atoms with E-state index in [9.17, 15) is 8.42 Å². The second-order valence-electron chi connectivity index (χ2n) is 2.82. The maximum absolute atomic E-state index is 11.0. The molecule has 0 aliphatic carbocycles. The van der Waals surface area contributed by atoms with Gasteiger partial charge in [-0.15, -0.1) is 12.4 Å². The predicted molar refractivity (Wildman–Crippen MR) is 57.8 cm³/mol. The first-order chi connectivity index (χ1) is 6.04. The molecule has 1 aromatic rings. The van der Waals surface area contributed by atoms with E-state index in [0.29, 0.717) is 5.88 Å². The summed E-state index contributed by atoms with van der Waals surface area (Å²) in [6.45, 7) is 2.80. The van der Waals surface area contributed by atoms with Crippen LogP contribution in [0.1, 0.15) is 13.3 Å². The summed E-state index contributed by atoms with van der Waals surface area (Å²) in [5, 5.41) is 2.96. The van der Waals surface area contributed by atoms with E-state index in [1.807, 2.05) is 6.92 Å². The van der Waals surface area contributed by atoms with Crippen molar-refractivity contribution in [1.29, 1.82) is 0 Å². The van der Waals surface area contributed by atoms with Gasteiger partial charge in [-0.25, -0.2) is 8.42 Å². The minimum atomic E-state index is -3.21. The quantitative estimate of drug-likeness (QED) is 0.872. The molecule has 4 nitrogen and oxygen atoms in total. The molecule has 1 heterocycles. The molecule has 0 bridgehead atoms. The number of hydrogen-bond donors (Lipinski definition) is 1. The van der Waals surface area contributed by atoms with Crippen molar-refractivity contribution in [3.05, 3.63) is 12.1 Å². The molecule has 0 aromatic carbocycles. The summed E-state index contributed by atoms with van der Waals surface area (Å²) < 4.78 is 27.0. The van der Waals surface area contributed by atoms with Crippen LogP contribution in [0, 0.1) is 0 Å². The second kappa shape index (κ2) is 5.26. The van der Waals surface area contributed by atoms with E-state index in [0.717, 1.165) is 19.2 Å². The highest BCUT2D eigenvalue weighted by Gasteiger charge is 2.11. The van der Waals surface area contributed by atoms with Gasteiger partial charge in [-0.05, 0) is 12.5 Å². The zero-order chi connectivity index (χ0) is 9.90. The lowest BCUT2D eigenvalue weighted by Gasteiger charge is -1.98. The van der Waals surface area contributed by atoms with E-state index < -0.39 is 9.84 Å². The van der Waals surface area contributed by atoms with Crippen molar-refractivity contribution in [2.24, 2.45) is 0 Å². The minimum Gasteiger partial charge on any atom is -0.429 e. The fourth-order valence-electron chi connectivity index (χ4n) is 0.863. The molecule has 1 aromatic heterocycles. The van der Waals surface area contributed by atoms with Crippen LogP contribution in [0.4, 0.5) is 5.88 Å². The Kier molecular flexibility index (Phi) is 5.01. The fourth-order valence-corrected chi connectivity index (χ4v) is 1.42. The molecule has 0 radical (unpaired) electrons. The third-order valence-corrected chi connectivity index (χ3v) is 2.45. The first-order valence-electron chi connectivity index (χ1n) is 4.08. The van der Waals surface area contributed by atoms with Crippen molar-refractivity contribution in [3.63, 3.8) is 0 Å². The molecular weight excluding hydrogens is 226 g/mol. The Bertz CT molecular complexity index is 372. The van der Waals surface area contributed by atoms with Crippen LogP contribution in [0.2, 0.25) is 0 Å². The van der Waals surface area contributed by atoms with Crippen LogP contribution in [-0.4, -0.2) is 21.2 Å². The highest BCUT2D eigenvalue weighted by atomic mass is 35.5. The van der Waals surface area contributed by atoms with E-state index >= 15 is 0 Å². The number of sulfone groups is 1. The molecule has 0 unspecified atom stereocenters. The zero-order valence-electron chi connectivity index (χ0n) is 8.11. The Balaban J connectivity index is 0.00000169. The van der Waals surface area contributed by atoms with Crippen LogP contribution in [0.15, 0.2) is 21.6 Å². The summed E-state index contributed by atoms with van der Waals surface area (Å²) in [6, 6.07) is 3.07. The number of anilines is 1. The minimum absolute atomic E-state index is 0. The standard InChI is InChI=1S/C8H13NO3S.ClH/c1-3-6-9-7-4-5-8(12-7)13(2,10)11;/h4-5,9H,3,6H2,1-2H3;1H. The third kappa shape index (κ3) is 3.59. The second-order valence-corrected chi connectivity index (χ2v) is 4.76.